The minimum absolute atomic E-state index is 0.340. The number of rotatable bonds is 4. The zero-order chi connectivity index (χ0) is 13.9. The summed E-state index contributed by atoms with van der Waals surface area (Å²) in [5.41, 5.74) is 6.43. The highest BCUT2D eigenvalue weighted by molar-refractivity contribution is 5.21. The molecule has 1 heterocycles. The Kier molecular flexibility index (Phi) is 4.53. The lowest BCUT2D eigenvalue weighted by atomic mass is 9.73. The number of aromatic nitrogens is 1. The van der Waals surface area contributed by atoms with E-state index < -0.39 is 11.6 Å². The van der Waals surface area contributed by atoms with Crippen LogP contribution < -0.4 is 5.73 Å². The molecule has 1 aromatic rings. The maximum Gasteiger partial charge on any atom is 0.146 e. The molecular formula is C15H23FN2O. The number of ether oxygens (including phenoxy) is 1. The molecule has 1 fully saturated rings. The molecule has 1 aliphatic carbocycles. The van der Waals surface area contributed by atoms with Crippen LogP contribution in [0.2, 0.25) is 0 Å². The smallest absolute Gasteiger partial charge is 0.146 e. The van der Waals surface area contributed by atoms with Crippen molar-refractivity contribution in [1.82, 2.24) is 4.98 Å². The lowest BCUT2D eigenvalue weighted by Gasteiger charge is -2.43. The second kappa shape index (κ2) is 5.97. The molecule has 1 saturated carbocycles. The lowest BCUT2D eigenvalue weighted by Crippen LogP contribution is -2.46. The van der Waals surface area contributed by atoms with Crippen molar-refractivity contribution in [2.75, 3.05) is 6.61 Å². The van der Waals surface area contributed by atoms with Gasteiger partial charge in [0.1, 0.15) is 5.82 Å². The van der Waals surface area contributed by atoms with Crippen molar-refractivity contribution >= 4 is 0 Å². The van der Waals surface area contributed by atoms with Crippen LogP contribution in [0.3, 0.4) is 0 Å². The largest absolute Gasteiger partial charge is 0.373 e. The number of pyridine rings is 1. The Morgan fingerprint density at radius 1 is 1.53 bits per heavy atom. The standard InChI is InChI=1S/C15H23FN2O/c1-3-19-15(7-4-11(2)5-8-15)14(17)12-6-9-18-10-13(12)16/h6,9-11,14H,3-5,7-8,17H2,1-2H3. The molecule has 0 radical (unpaired) electrons. The van der Waals surface area contributed by atoms with Crippen molar-refractivity contribution < 1.29 is 9.13 Å². The van der Waals surface area contributed by atoms with Crippen LogP contribution in [0.1, 0.15) is 51.1 Å². The normalized spacial score (nSPS) is 29.2. The maximum absolute atomic E-state index is 13.9. The predicted molar refractivity (Wildman–Crippen MR) is 73.1 cm³/mol. The predicted octanol–water partition coefficient (Wildman–Crippen LogP) is 3.21. The molecule has 106 valence electrons. The van der Waals surface area contributed by atoms with E-state index in [2.05, 4.69) is 11.9 Å². The summed E-state index contributed by atoms with van der Waals surface area (Å²) in [5, 5.41) is 0. The van der Waals surface area contributed by atoms with Gasteiger partial charge in [-0.15, -0.1) is 0 Å². The zero-order valence-electron chi connectivity index (χ0n) is 11.7. The van der Waals surface area contributed by atoms with Gasteiger partial charge in [0.05, 0.1) is 17.8 Å². The Morgan fingerprint density at radius 2 is 2.21 bits per heavy atom. The van der Waals surface area contributed by atoms with Crippen molar-refractivity contribution in [3.63, 3.8) is 0 Å². The van der Waals surface area contributed by atoms with Crippen molar-refractivity contribution in [3.05, 3.63) is 29.8 Å². The van der Waals surface area contributed by atoms with Gasteiger partial charge in [0.2, 0.25) is 0 Å². The molecule has 0 amide bonds. The van der Waals surface area contributed by atoms with Crippen LogP contribution in [-0.2, 0) is 4.74 Å². The lowest BCUT2D eigenvalue weighted by molar-refractivity contribution is -0.0902. The third kappa shape index (κ3) is 2.95. The minimum atomic E-state index is -0.428. The highest BCUT2D eigenvalue weighted by atomic mass is 19.1. The van der Waals surface area contributed by atoms with Crippen LogP contribution in [0, 0.1) is 11.7 Å². The summed E-state index contributed by atoms with van der Waals surface area (Å²) >= 11 is 0. The third-order valence-electron chi connectivity index (χ3n) is 4.26. The SMILES string of the molecule is CCOC1(C(N)c2ccncc2F)CCC(C)CC1. The number of hydrogen-bond acceptors (Lipinski definition) is 3. The van der Waals surface area contributed by atoms with Crippen LogP contribution in [0.5, 0.6) is 0 Å². The molecule has 1 aliphatic rings. The Hall–Kier alpha value is -1.00. The monoisotopic (exact) mass is 266 g/mol. The number of hydrogen-bond donors (Lipinski definition) is 1. The molecule has 1 atom stereocenters. The molecule has 1 aromatic heterocycles. The van der Waals surface area contributed by atoms with Crippen molar-refractivity contribution in [3.8, 4) is 0 Å². The molecule has 0 spiro atoms. The fourth-order valence-corrected chi connectivity index (χ4v) is 3.00. The van der Waals surface area contributed by atoms with Gasteiger partial charge in [0.25, 0.3) is 0 Å². The van der Waals surface area contributed by atoms with Crippen molar-refractivity contribution in [2.45, 2.75) is 51.2 Å². The van der Waals surface area contributed by atoms with Crippen LogP contribution in [0.15, 0.2) is 18.5 Å². The van der Waals surface area contributed by atoms with Crippen LogP contribution >= 0.6 is 0 Å². The topological polar surface area (TPSA) is 48.1 Å². The van der Waals surface area contributed by atoms with E-state index >= 15 is 0 Å². The Balaban J connectivity index is 2.26. The van der Waals surface area contributed by atoms with Gasteiger partial charge in [0.15, 0.2) is 0 Å². The summed E-state index contributed by atoms with van der Waals surface area (Å²) in [6.45, 7) is 4.82. The van der Waals surface area contributed by atoms with E-state index in [1.54, 1.807) is 12.3 Å². The summed E-state index contributed by atoms with van der Waals surface area (Å²) in [6.07, 6.45) is 6.76. The highest BCUT2D eigenvalue weighted by Crippen LogP contribution is 2.42. The first kappa shape index (κ1) is 14.4. The Bertz CT molecular complexity index is 416. The maximum atomic E-state index is 13.9. The van der Waals surface area contributed by atoms with Crippen molar-refractivity contribution in [1.29, 1.82) is 0 Å². The van der Waals surface area contributed by atoms with Gasteiger partial charge in [0, 0.05) is 18.4 Å². The van der Waals surface area contributed by atoms with Crippen molar-refractivity contribution in [2.24, 2.45) is 11.7 Å². The van der Waals surface area contributed by atoms with Gasteiger partial charge in [-0.3, -0.25) is 4.98 Å². The highest BCUT2D eigenvalue weighted by Gasteiger charge is 2.41. The average Bonchev–Trinajstić information content (AvgIpc) is 2.42. The summed E-state index contributed by atoms with van der Waals surface area (Å²) in [7, 11) is 0. The average molecular weight is 266 g/mol. The van der Waals surface area contributed by atoms with Gasteiger partial charge in [-0.05, 0) is 44.6 Å². The summed E-state index contributed by atoms with van der Waals surface area (Å²) in [5.74, 6) is 0.357. The fraction of sp³-hybridized carbons (Fsp3) is 0.667. The molecule has 3 nitrogen and oxygen atoms in total. The quantitative estimate of drug-likeness (QED) is 0.910. The molecular weight excluding hydrogens is 243 g/mol. The van der Waals surface area contributed by atoms with E-state index in [0.29, 0.717) is 18.1 Å². The molecule has 2 N–H and O–H groups in total. The van der Waals surface area contributed by atoms with E-state index in [9.17, 15) is 4.39 Å². The number of nitrogens with zero attached hydrogens (tertiary/aromatic N) is 1. The summed E-state index contributed by atoms with van der Waals surface area (Å²) in [6, 6.07) is 1.24. The van der Waals surface area contributed by atoms with Gasteiger partial charge < -0.3 is 10.5 Å². The van der Waals surface area contributed by atoms with Crippen LogP contribution in [-0.4, -0.2) is 17.2 Å². The second-order valence-corrected chi connectivity index (χ2v) is 5.56. The molecule has 4 heteroatoms. The molecule has 19 heavy (non-hydrogen) atoms. The summed E-state index contributed by atoms with van der Waals surface area (Å²) < 4.78 is 19.9. The van der Waals surface area contributed by atoms with Crippen LogP contribution in [0.25, 0.3) is 0 Å². The molecule has 0 aliphatic heterocycles. The molecule has 0 bridgehead atoms. The third-order valence-corrected chi connectivity index (χ3v) is 4.26. The zero-order valence-corrected chi connectivity index (χ0v) is 11.7. The van der Waals surface area contributed by atoms with Gasteiger partial charge in [-0.1, -0.05) is 6.92 Å². The van der Waals surface area contributed by atoms with E-state index in [1.165, 1.54) is 6.20 Å². The summed E-state index contributed by atoms with van der Waals surface area (Å²) in [4.78, 5) is 3.78. The van der Waals surface area contributed by atoms with E-state index in [-0.39, 0.29) is 5.82 Å². The molecule has 2 rings (SSSR count). The number of halogens is 1. The van der Waals surface area contributed by atoms with Gasteiger partial charge in [-0.25, -0.2) is 4.39 Å². The van der Waals surface area contributed by atoms with E-state index in [4.69, 9.17) is 10.5 Å². The first-order chi connectivity index (χ1) is 9.09. The van der Waals surface area contributed by atoms with Gasteiger partial charge in [-0.2, -0.15) is 0 Å². The molecule has 0 aromatic carbocycles. The first-order valence-electron chi connectivity index (χ1n) is 7.08. The van der Waals surface area contributed by atoms with E-state index in [1.807, 2.05) is 6.92 Å². The van der Waals surface area contributed by atoms with E-state index in [0.717, 1.165) is 25.7 Å². The Morgan fingerprint density at radius 3 is 2.79 bits per heavy atom. The first-order valence-corrected chi connectivity index (χ1v) is 7.08. The van der Waals surface area contributed by atoms with Crippen LogP contribution in [0.4, 0.5) is 4.39 Å². The van der Waals surface area contributed by atoms with Gasteiger partial charge >= 0.3 is 0 Å². The molecule has 0 saturated heterocycles. The number of nitrogens with two attached hydrogens (primary N) is 1. The Labute approximate surface area is 114 Å². The fourth-order valence-electron chi connectivity index (χ4n) is 3.00. The second-order valence-electron chi connectivity index (χ2n) is 5.56. The minimum Gasteiger partial charge on any atom is -0.373 e. The molecule has 1 unspecified atom stereocenters.